The van der Waals surface area contributed by atoms with Crippen molar-refractivity contribution in [3.8, 4) is 0 Å². The highest BCUT2D eigenvalue weighted by atomic mass is 19.1. The number of nitrogens with one attached hydrogen (secondary N) is 1. The van der Waals surface area contributed by atoms with Gasteiger partial charge < -0.3 is 5.32 Å². The molecule has 0 aliphatic heterocycles. The van der Waals surface area contributed by atoms with Gasteiger partial charge in [0.1, 0.15) is 5.82 Å². The summed E-state index contributed by atoms with van der Waals surface area (Å²) in [6.45, 7) is 0. The minimum Gasteiger partial charge on any atom is -0.316 e. The molecule has 1 aromatic rings. The van der Waals surface area contributed by atoms with Crippen molar-refractivity contribution in [1.29, 1.82) is 0 Å². The monoisotopic (exact) mass is 207 g/mol. The number of likely N-dealkylation sites (N-methyl/N-ethyl adjacent to an activating group) is 1. The average molecular weight is 207 g/mol. The van der Waals surface area contributed by atoms with Crippen LogP contribution in [-0.4, -0.2) is 13.1 Å². The van der Waals surface area contributed by atoms with Crippen molar-refractivity contribution >= 4 is 0 Å². The van der Waals surface area contributed by atoms with E-state index in [0.717, 1.165) is 12.3 Å². The third-order valence-corrected chi connectivity index (χ3v) is 3.46. The van der Waals surface area contributed by atoms with Gasteiger partial charge in [-0.25, -0.2) is 4.39 Å². The molecule has 0 spiro atoms. The molecule has 0 bridgehead atoms. The molecule has 1 unspecified atom stereocenters. The Kier molecular flexibility index (Phi) is 3.37. The summed E-state index contributed by atoms with van der Waals surface area (Å²) in [4.78, 5) is 0. The van der Waals surface area contributed by atoms with Gasteiger partial charge in [-0.05, 0) is 49.9 Å². The van der Waals surface area contributed by atoms with Crippen LogP contribution in [0.3, 0.4) is 0 Å². The third-order valence-electron chi connectivity index (χ3n) is 3.46. The van der Waals surface area contributed by atoms with E-state index < -0.39 is 0 Å². The van der Waals surface area contributed by atoms with Gasteiger partial charge in [-0.1, -0.05) is 18.6 Å². The van der Waals surface area contributed by atoms with Crippen LogP contribution in [0.2, 0.25) is 0 Å². The van der Waals surface area contributed by atoms with E-state index in [4.69, 9.17) is 0 Å². The van der Waals surface area contributed by atoms with Gasteiger partial charge in [0.05, 0.1) is 0 Å². The number of rotatable bonds is 4. The first kappa shape index (κ1) is 10.6. The maximum atomic E-state index is 12.7. The molecule has 0 aromatic heterocycles. The fraction of sp³-hybridized carbons (Fsp3) is 0.538. The number of hydrogen-bond donors (Lipinski definition) is 1. The fourth-order valence-electron chi connectivity index (χ4n) is 2.22. The molecule has 1 atom stereocenters. The van der Waals surface area contributed by atoms with Crippen molar-refractivity contribution in [2.45, 2.75) is 31.7 Å². The van der Waals surface area contributed by atoms with E-state index in [9.17, 15) is 4.39 Å². The Balaban J connectivity index is 1.96. The molecule has 0 saturated heterocycles. The Morgan fingerprint density at radius 2 is 2.00 bits per heavy atom. The number of halogens is 1. The van der Waals surface area contributed by atoms with Crippen molar-refractivity contribution in [3.05, 3.63) is 35.6 Å². The third kappa shape index (κ3) is 2.57. The molecule has 1 saturated carbocycles. The molecule has 0 heterocycles. The molecule has 2 rings (SSSR count). The Morgan fingerprint density at radius 1 is 1.33 bits per heavy atom. The van der Waals surface area contributed by atoms with Gasteiger partial charge >= 0.3 is 0 Å². The van der Waals surface area contributed by atoms with Crippen molar-refractivity contribution in [1.82, 2.24) is 5.32 Å². The molecular formula is C13H18FN. The zero-order valence-electron chi connectivity index (χ0n) is 9.17. The number of hydrogen-bond acceptors (Lipinski definition) is 1. The van der Waals surface area contributed by atoms with E-state index in [1.54, 1.807) is 12.1 Å². The molecule has 2 heteroatoms. The van der Waals surface area contributed by atoms with Gasteiger partial charge in [-0.15, -0.1) is 0 Å². The quantitative estimate of drug-likeness (QED) is 0.800. The van der Waals surface area contributed by atoms with Crippen molar-refractivity contribution in [3.63, 3.8) is 0 Å². The lowest BCUT2D eigenvalue weighted by atomic mass is 9.78. The van der Waals surface area contributed by atoms with Crippen LogP contribution < -0.4 is 5.32 Å². The van der Waals surface area contributed by atoms with E-state index in [-0.39, 0.29) is 5.82 Å². The maximum Gasteiger partial charge on any atom is 0.123 e. The van der Waals surface area contributed by atoms with E-state index in [1.807, 2.05) is 19.2 Å². The molecule has 15 heavy (non-hydrogen) atoms. The van der Waals surface area contributed by atoms with E-state index in [1.165, 1.54) is 24.8 Å². The molecular weight excluding hydrogens is 189 g/mol. The number of benzene rings is 1. The summed E-state index contributed by atoms with van der Waals surface area (Å²) in [6.07, 6.45) is 5.06. The fourth-order valence-corrected chi connectivity index (χ4v) is 2.22. The second-order valence-corrected chi connectivity index (χ2v) is 4.42. The van der Waals surface area contributed by atoms with E-state index in [0.29, 0.717) is 6.04 Å². The van der Waals surface area contributed by atoms with Crippen LogP contribution in [0.1, 0.15) is 24.8 Å². The van der Waals surface area contributed by atoms with Crippen LogP contribution in [-0.2, 0) is 6.42 Å². The smallest absolute Gasteiger partial charge is 0.123 e. The maximum absolute atomic E-state index is 12.7. The summed E-state index contributed by atoms with van der Waals surface area (Å²) in [5.74, 6) is 0.670. The van der Waals surface area contributed by atoms with Crippen molar-refractivity contribution < 1.29 is 4.39 Å². The first-order valence-electron chi connectivity index (χ1n) is 5.71. The Bertz CT molecular complexity index is 303. The Labute approximate surface area is 90.7 Å². The van der Waals surface area contributed by atoms with Crippen molar-refractivity contribution in [2.75, 3.05) is 7.05 Å². The molecule has 1 nitrogen and oxygen atoms in total. The average Bonchev–Trinajstić information content (AvgIpc) is 2.17. The van der Waals surface area contributed by atoms with E-state index >= 15 is 0 Å². The molecule has 0 radical (unpaired) electrons. The molecule has 1 aliphatic carbocycles. The highest BCUT2D eigenvalue weighted by molar-refractivity contribution is 5.17. The van der Waals surface area contributed by atoms with Gasteiger partial charge in [0.2, 0.25) is 0 Å². The highest BCUT2D eigenvalue weighted by Gasteiger charge is 2.25. The van der Waals surface area contributed by atoms with Crippen molar-refractivity contribution in [2.24, 2.45) is 5.92 Å². The Hall–Kier alpha value is -0.890. The second kappa shape index (κ2) is 4.75. The zero-order valence-corrected chi connectivity index (χ0v) is 9.17. The largest absolute Gasteiger partial charge is 0.316 e. The molecule has 0 amide bonds. The SMILES string of the molecule is CNC(Cc1ccc(F)cc1)C1CCC1. The van der Waals surface area contributed by atoms with Crippen LogP contribution in [0.25, 0.3) is 0 Å². The standard InChI is InChI=1S/C13H18FN/c1-15-13(11-3-2-4-11)9-10-5-7-12(14)8-6-10/h5-8,11,13,15H,2-4,9H2,1H3. The first-order chi connectivity index (χ1) is 7.29. The van der Waals surface area contributed by atoms with E-state index in [2.05, 4.69) is 5.32 Å². The van der Waals surface area contributed by atoms with Crippen LogP contribution in [0.15, 0.2) is 24.3 Å². The van der Waals surface area contributed by atoms with Crippen LogP contribution >= 0.6 is 0 Å². The van der Waals surface area contributed by atoms with Gasteiger partial charge in [0, 0.05) is 6.04 Å². The predicted molar refractivity (Wildman–Crippen MR) is 60.3 cm³/mol. The topological polar surface area (TPSA) is 12.0 Å². The van der Waals surface area contributed by atoms with Gasteiger partial charge in [0.15, 0.2) is 0 Å². The Morgan fingerprint density at radius 3 is 2.47 bits per heavy atom. The minimum atomic E-state index is -0.150. The molecule has 1 aliphatic rings. The normalized spacial score (nSPS) is 18.5. The lowest BCUT2D eigenvalue weighted by Gasteiger charge is -2.33. The van der Waals surface area contributed by atoms with Gasteiger partial charge in [-0.2, -0.15) is 0 Å². The predicted octanol–water partition coefficient (Wildman–Crippen LogP) is 2.76. The molecule has 82 valence electrons. The summed E-state index contributed by atoms with van der Waals surface area (Å²) >= 11 is 0. The highest BCUT2D eigenvalue weighted by Crippen LogP contribution is 2.30. The summed E-state index contributed by atoms with van der Waals surface area (Å²) in [5.41, 5.74) is 1.22. The van der Waals surface area contributed by atoms with Gasteiger partial charge in [-0.3, -0.25) is 0 Å². The second-order valence-electron chi connectivity index (χ2n) is 4.42. The summed E-state index contributed by atoms with van der Waals surface area (Å²) in [7, 11) is 2.02. The molecule has 1 fully saturated rings. The zero-order chi connectivity index (χ0) is 10.7. The minimum absolute atomic E-state index is 0.150. The van der Waals surface area contributed by atoms with Crippen LogP contribution in [0, 0.1) is 11.7 Å². The lowest BCUT2D eigenvalue weighted by molar-refractivity contribution is 0.236. The summed E-state index contributed by atoms with van der Waals surface area (Å²) < 4.78 is 12.7. The summed E-state index contributed by atoms with van der Waals surface area (Å²) in [5, 5.41) is 3.37. The summed E-state index contributed by atoms with van der Waals surface area (Å²) in [6, 6.07) is 7.42. The molecule has 1 aromatic carbocycles. The molecule has 1 N–H and O–H groups in total. The first-order valence-corrected chi connectivity index (χ1v) is 5.71. The van der Waals surface area contributed by atoms with Crippen LogP contribution in [0.5, 0.6) is 0 Å². The lowest BCUT2D eigenvalue weighted by Crippen LogP contribution is -2.39. The van der Waals surface area contributed by atoms with Gasteiger partial charge in [0.25, 0.3) is 0 Å². The van der Waals surface area contributed by atoms with Crippen LogP contribution in [0.4, 0.5) is 4.39 Å².